The van der Waals surface area contributed by atoms with E-state index in [0.717, 1.165) is 11.1 Å². The molecule has 5 heteroatoms. The van der Waals surface area contributed by atoms with E-state index < -0.39 is 5.54 Å². The van der Waals surface area contributed by atoms with E-state index in [0.29, 0.717) is 25.3 Å². The standard InChI is InChI=1S/C13H14FN3O/c1-2-15-12-16-11(18)13(17-12)6-5-8-7-9(14)3-4-10(8)13/h3-4,7H,2,5-6H2,1H3,(H2,15,16,17,18). The highest BCUT2D eigenvalue weighted by atomic mass is 19.1. The quantitative estimate of drug-likeness (QED) is 0.779. The summed E-state index contributed by atoms with van der Waals surface area (Å²) in [5.41, 5.74) is 1.01. The Morgan fingerprint density at radius 3 is 3.11 bits per heavy atom. The monoisotopic (exact) mass is 247 g/mol. The van der Waals surface area contributed by atoms with Gasteiger partial charge in [-0.05, 0) is 43.0 Å². The molecule has 3 rings (SSSR count). The summed E-state index contributed by atoms with van der Waals surface area (Å²) < 4.78 is 13.2. The van der Waals surface area contributed by atoms with Gasteiger partial charge in [0.1, 0.15) is 11.4 Å². The Labute approximate surface area is 104 Å². The van der Waals surface area contributed by atoms with Gasteiger partial charge in [-0.15, -0.1) is 0 Å². The number of halogens is 1. The lowest BCUT2D eigenvalue weighted by Crippen LogP contribution is -2.41. The van der Waals surface area contributed by atoms with Crippen molar-refractivity contribution in [1.82, 2.24) is 10.6 Å². The van der Waals surface area contributed by atoms with Gasteiger partial charge < -0.3 is 5.32 Å². The molecule has 2 aliphatic rings. The molecule has 0 bridgehead atoms. The molecular weight excluding hydrogens is 233 g/mol. The molecule has 1 spiro atoms. The third-order valence-electron chi connectivity index (χ3n) is 3.56. The summed E-state index contributed by atoms with van der Waals surface area (Å²) in [6, 6.07) is 4.60. The SMILES string of the molecule is CCN=C1NC(=O)C2(CCc3cc(F)ccc32)N1. The lowest BCUT2D eigenvalue weighted by atomic mass is 9.92. The zero-order chi connectivity index (χ0) is 12.8. The van der Waals surface area contributed by atoms with E-state index in [-0.39, 0.29) is 11.7 Å². The molecule has 2 N–H and O–H groups in total. The number of aryl methyl sites for hydroxylation is 1. The molecule has 1 aliphatic heterocycles. The fourth-order valence-corrected chi connectivity index (χ4v) is 2.75. The Bertz CT molecular complexity index is 555. The zero-order valence-electron chi connectivity index (χ0n) is 10.1. The lowest BCUT2D eigenvalue weighted by Gasteiger charge is -2.21. The third-order valence-corrected chi connectivity index (χ3v) is 3.56. The van der Waals surface area contributed by atoms with Crippen LogP contribution >= 0.6 is 0 Å². The van der Waals surface area contributed by atoms with Crippen molar-refractivity contribution < 1.29 is 9.18 Å². The minimum absolute atomic E-state index is 0.0972. The number of nitrogens with zero attached hydrogens (tertiary/aromatic N) is 1. The number of guanidine groups is 1. The number of hydrogen-bond donors (Lipinski definition) is 2. The normalized spacial score (nSPS) is 27.4. The van der Waals surface area contributed by atoms with E-state index in [2.05, 4.69) is 15.6 Å². The van der Waals surface area contributed by atoms with Crippen LogP contribution in [0.3, 0.4) is 0 Å². The Hall–Kier alpha value is -1.91. The van der Waals surface area contributed by atoms with Crippen LogP contribution in [0.5, 0.6) is 0 Å². The molecule has 1 fully saturated rings. The van der Waals surface area contributed by atoms with Crippen molar-refractivity contribution >= 4 is 11.9 Å². The van der Waals surface area contributed by atoms with Crippen LogP contribution in [0.25, 0.3) is 0 Å². The summed E-state index contributed by atoms with van der Waals surface area (Å²) in [5, 5.41) is 5.91. The van der Waals surface area contributed by atoms with Crippen LogP contribution in [0.15, 0.2) is 23.2 Å². The number of fused-ring (bicyclic) bond motifs is 2. The van der Waals surface area contributed by atoms with Gasteiger partial charge in [0, 0.05) is 6.54 Å². The van der Waals surface area contributed by atoms with Crippen molar-refractivity contribution in [2.75, 3.05) is 6.54 Å². The van der Waals surface area contributed by atoms with Crippen LogP contribution in [0.1, 0.15) is 24.5 Å². The summed E-state index contributed by atoms with van der Waals surface area (Å²) >= 11 is 0. The number of aliphatic imine (C=N–C) groups is 1. The molecule has 1 aliphatic carbocycles. The number of amides is 1. The molecule has 1 atom stereocenters. The molecule has 4 nitrogen and oxygen atoms in total. The number of benzene rings is 1. The molecule has 0 saturated carbocycles. The van der Waals surface area contributed by atoms with E-state index in [1.54, 1.807) is 6.07 Å². The number of hydrogen-bond acceptors (Lipinski definition) is 2. The molecule has 1 aromatic carbocycles. The average molecular weight is 247 g/mol. The first kappa shape index (κ1) is 11.2. The molecule has 1 heterocycles. The third kappa shape index (κ3) is 1.43. The molecule has 1 saturated heterocycles. The molecule has 18 heavy (non-hydrogen) atoms. The second kappa shape index (κ2) is 3.80. The maximum atomic E-state index is 13.2. The number of nitrogens with one attached hydrogen (secondary N) is 2. The van der Waals surface area contributed by atoms with Crippen molar-refractivity contribution in [3.8, 4) is 0 Å². The zero-order valence-corrected chi connectivity index (χ0v) is 10.1. The minimum Gasteiger partial charge on any atom is -0.338 e. The van der Waals surface area contributed by atoms with Gasteiger partial charge in [-0.1, -0.05) is 6.07 Å². The molecular formula is C13H14FN3O. The Balaban J connectivity index is 2.05. The van der Waals surface area contributed by atoms with Crippen LogP contribution in [0.4, 0.5) is 4.39 Å². The Kier molecular flexibility index (Phi) is 2.36. The predicted molar refractivity (Wildman–Crippen MR) is 65.7 cm³/mol. The first-order valence-corrected chi connectivity index (χ1v) is 6.09. The highest BCUT2D eigenvalue weighted by Crippen LogP contribution is 2.39. The largest absolute Gasteiger partial charge is 0.338 e. The summed E-state index contributed by atoms with van der Waals surface area (Å²) in [4.78, 5) is 16.4. The Morgan fingerprint density at radius 1 is 1.50 bits per heavy atom. The van der Waals surface area contributed by atoms with E-state index in [1.165, 1.54) is 12.1 Å². The number of rotatable bonds is 1. The number of carbonyl (C=O) groups excluding carboxylic acids is 1. The van der Waals surface area contributed by atoms with Gasteiger partial charge in [0.2, 0.25) is 0 Å². The van der Waals surface area contributed by atoms with Gasteiger partial charge >= 0.3 is 0 Å². The van der Waals surface area contributed by atoms with Gasteiger partial charge in [0.05, 0.1) is 0 Å². The maximum absolute atomic E-state index is 13.2. The van der Waals surface area contributed by atoms with E-state index >= 15 is 0 Å². The van der Waals surface area contributed by atoms with Crippen LogP contribution in [-0.4, -0.2) is 18.4 Å². The van der Waals surface area contributed by atoms with Gasteiger partial charge in [-0.2, -0.15) is 0 Å². The van der Waals surface area contributed by atoms with E-state index in [1.807, 2.05) is 6.92 Å². The first-order valence-electron chi connectivity index (χ1n) is 6.09. The van der Waals surface area contributed by atoms with Crippen molar-refractivity contribution in [3.63, 3.8) is 0 Å². The Morgan fingerprint density at radius 2 is 2.33 bits per heavy atom. The number of carbonyl (C=O) groups is 1. The molecule has 1 amide bonds. The van der Waals surface area contributed by atoms with Crippen LogP contribution in [0.2, 0.25) is 0 Å². The maximum Gasteiger partial charge on any atom is 0.257 e. The van der Waals surface area contributed by atoms with Gasteiger partial charge in [0.25, 0.3) is 5.91 Å². The summed E-state index contributed by atoms with van der Waals surface area (Å²) in [7, 11) is 0. The van der Waals surface area contributed by atoms with E-state index in [9.17, 15) is 9.18 Å². The summed E-state index contributed by atoms with van der Waals surface area (Å²) in [6.07, 6.45) is 1.34. The van der Waals surface area contributed by atoms with Crippen molar-refractivity contribution in [2.45, 2.75) is 25.3 Å². The smallest absolute Gasteiger partial charge is 0.257 e. The second-order valence-corrected chi connectivity index (χ2v) is 4.61. The van der Waals surface area contributed by atoms with Crippen molar-refractivity contribution in [1.29, 1.82) is 0 Å². The molecule has 1 aromatic rings. The second-order valence-electron chi connectivity index (χ2n) is 4.61. The highest BCUT2D eigenvalue weighted by molar-refractivity contribution is 6.09. The van der Waals surface area contributed by atoms with Gasteiger partial charge in [0.15, 0.2) is 5.96 Å². The fraction of sp³-hybridized carbons (Fsp3) is 0.385. The lowest BCUT2D eigenvalue weighted by molar-refractivity contribution is -0.124. The topological polar surface area (TPSA) is 53.5 Å². The summed E-state index contributed by atoms with van der Waals surface area (Å²) in [6.45, 7) is 2.51. The van der Waals surface area contributed by atoms with Crippen molar-refractivity contribution in [2.24, 2.45) is 4.99 Å². The fourth-order valence-electron chi connectivity index (χ4n) is 2.75. The van der Waals surface area contributed by atoms with E-state index in [4.69, 9.17) is 0 Å². The van der Waals surface area contributed by atoms with Gasteiger partial charge in [-0.25, -0.2) is 4.39 Å². The summed E-state index contributed by atoms with van der Waals surface area (Å²) in [5.74, 6) is 0.159. The minimum atomic E-state index is -0.753. The van der Waals surface area contributed by atoms with Crippen LogP contribution in [0, 0.1) is 5.82 Å². The van der Waals surface area contributed by atoms with Crippen LogP contribution < -0.4 is 10.6 Å². The molecule has 94 valence electrons. The van der Waals surface area contributed by atoms with Crippen molar-refractivity contribution in [3.05, 3.63) is 35.1 Å². The predicted octanol–water partition coefficient (Wildman–Crippen LogP) is 1.06. The van der Waals surface area contributed by atoms with Crippen LogP contribution in [-0.2, 0) is 16.8 Å². The molecule has 0 aromatic heterocycles. The van der Waals surface area contributed by atoms with Gasteiger partial charge in [-0.3, -0.25) is 15.1 Å². The first-order chi connectivity index (χ1) is 8.65. The molecule has 1 unspecified atom stereocenters. The average Bonchev–Trinajstić information content (AvgIpc) is 2.83. The highest BCUT2D eigenvalue weighted by Gasteiger charge is 2.50. The molecule has 0 radical (unpaired) electrons.